The first-order chi connectivity index (χ1) is 17.0. The molecule has 7 aliphatic rings. The van der Waals surface area contributed by atoms with Gasteiger partial charge in [-0.25, -0.2) is 0 Å². The third kappa shape index (κ3) is 2.55. The van der Waals surface area contributed by atoms with Gasteiger partial charge in [0.15, 0.2) is 0 Å². The number of hydrogen-bond acceptors (Lipinski definition) is 5. The molecule has 1 amide bonds. The molecule has 8 rings (SSSR count). The molecule has 3 heterocycles. The van der Waals surface area contributed by atoms with Gasteiger partial charge in [-0.1, -0.05) is 18.2 Å². The van der Waals surface area contributed by atoms with Crippen molar-refractivity contribution < 1.29 is 9.90 Å². The maximum absolute atomic E-state index is 13.7. The summed E-state index contributed by atoms with van der Waals surface area (Å²) in [6, 6.07) is 6.90. The molecule has 1 aromatic rings. The van der Waals surface area contributed by atoms with Crippen molar-refractivity contribution in [3.8, 4) is 5.75 Å². The summed E-state index contributed by atoms with van der Waals surface area (Å²) in [6.45, 7) is 3.41. The molecular formula is C29H34N3O3-. The number of aromatic hydroxyl groups is 1. The van der Waals surface area contributed by atoms with E-state index in [1.165, 1.54) is 36.9 Å². The van der Waals surface area contributed by atoms with E-state index in [1.807, 2.05) is 12.1 Å². The van der Waals surface area contributed by atoms with Crippen LogP contribution in [0.1, 0.15) is 49.7 Å². The Morgan fingerprint density at radius 1 is 1.20 bits per heavy atom. The predicted octanol–water partition coefficient (Wildman–Crippen LogP) is 3.55. The minimum absolute atomic E-state index is 0.0324. The van der Waals surface area contributed by atoms with Crippen LogP contribution in [-0.4, -0.2) is 64.1 Å². The lowest BCUT2D eigenvalue weighted by molar-refractivity contribution is -0.137. The summed E-state index contributed by atoms with van der Waals surface area (Å²) in [5.41, 5.74) is 3.38. The fourth-order valence-electron chi connectivity index (χ4n) is 10.0. The van der Waals surface area contributed by atoms with Gasteiger partial charge in [-0.2, -0.15) is 0 Å². The van der Waals surface area contributed by atoms with Gasteiger partial charge < -0.3 is 20.3 Å². The second-order valence-corrected chi connectivity index (χ2v) is 12.5. The second-order valence-electron chi connectivity index (χ2n) is 12.5. The number of rotatable bonds is 3. The quantitative estimate of drug-likeness (QED) is 0.729. The highest BCUT2D eigenvalue weighted by Crippen LogP contribution is 2.75. The third-order valence-corrected chi connectivity index (χ3v) is 11.2. The van der Waals surface area contributed by atoms with Crippen molar-refractivity contribution >= 4 is 5.91 Å². The van der Waals surface area contributed by atoms with Crippen molar-refractivity contribution in [2.75, 3.05) is 26.2 Å². The van der Waals surface area contributed by atoms with Crippen molar-refractivity contribution in [2.45, 2.75) is 62.4 Å². The molecule has 1 N–H and O–H groups in total. The first-order valence-corrected chi connectivity index (χ1v) is 13.7. The first-order valence-electron chi connectivity index (χ1n) is 13.7. The molecule has 0 spiro atoms. The van der Waals surface area contributed by atoms with Crippen LogP contribution < -0.4 is 0 Å². The standard InChI is InChI=1S/C29H34N3O3/c33-21-7-6-19-13-25-28-9-8-23-26(29(28,22(19)14-21)10-12-30(25)16-18-4-5-18)20(15-28)17-31(23)27(34)24-3-1-2-11-32(24)35/h1-3,6-7,14,18,20,23,25-26,33H,4-5,8-13,15-17H2/q-1/t20-,23?,25?,26?,28?,29?/m1/s1. The van der Waals surface area contributed by atoms with Crippen LogP contribution in [0.5, 0.6) is 5.75 Å². The highest BCUT2D eigenvalue weighted by atomic mass is 16.5. The van der Waals surface area contributed by atoms with E-state index < -0.39 is 0 Å². The van der Waals surface area contributed by atoms with E-state index in [-0.39, 0.29) is 29.3 Å². The Morgan fingerprint density at radius 3 is 2.91 bits per heavy atom. The third-order valence-electron chi connectivity index (χ3n) is 11.2. The zero-order chi connectivity index (χ0) is 23.5. The van der Waals surface area contributed by atoms with Crippen LogP contribution in [-0.2, 0) is 16.6 Å². The Hall–Kier alpha value is -2.31. The molecule has 0 aromatic heterocycles. The largest absolute Gasteiger partial charge is 0.758 e. The molecular weight excluding hydrogens is 438 g/mol. The number of allylic oxidation sites excluding steroid dienone is 2. The Kier molecular flexibility index (Phi) is 4.12. The number of phenolic OH excluding ortho intramolecular Hbond substituents is 1. The summed E-state index contributed by atoms with van der Waals surface area (Å²) in [5, 5.41) is 23.9. The van der Waals surface area contributed by atoms with Crippen molar-refractivity contribution in [1.82, 2.24) is 14.9 Å². The summed E-state index contributed by atoms with van der Waals surface area (Å²) >= 11 is 0. The van der Waals surface area contributed by atoms with E-state index in [4.69, 9.17) is 0 Å². The number of hydroxylamine groups is 2. The smallest absolute Gasteiger partial charge is 0.269 e. The fourth-order valence-corrected chi connectivity index (χ4v) is 10.0. The van der Waals surface area contributed by atoms with Gasteiger partial charge in [-0.15, -0.1) is 0 Å². The molecule has 184 valence electrons. The molecule has 3 saturated carbocycles. The number of nitrogens with zero attached hydrogens (tertiary/aromatic N) is 3. The van der Waals surface area contributed by atoms with Crippen molar-refractivity contribution in [1.29, 1.82) is 0 Å². The van der Waals surface area contributed by atoms with Gasteiger partial charge in [0.05, 0.1) is 5.70 Å². The van der Waals surface area contributed by atoms with Gasteiger partial charge in [0.2, 0.25) is 0 Å². The van der Waals surface area contributed by atoms with Gasteiger partial charge in [-0.05, 0) is 104 Å². The molecule has 35 heavy (non-hydrogen) atoms. The molecule has 1 aromatic carbocycles. The lowest BCUT2D eigenvalue weighted by Crippen LogP contribution is -2.70. The molecule has 4 bridgehead atoms. The van der Waals surface area contributed by atoms with Crippen LogP contribution in [0.25, 0.3) is 0 Å². The van der Waals surface area contributed by atoms with Crippen molar-refractivity contribution in [3.63, 3.8) is 0 Å². The monoisotopic (exact) mass is 472 g/mol. The summed E-state index contributed by atoms with van der Waals surface area (Å²) in [4.78, 5) is 18.6. The van der Waals surface area contributed by atoms with E-state index in [9.17, 15) is 15.1 Å². The number of fused-ring (bicyclic) bond motifs is 1. The number of likely N-dealkylation sites (tertiary alicyclic amines) is 2. The average Bonchev–Trinajstić information content (AvgIpc) is 3.54. The molecule has 4 aliphatic carbocycles. The molecule has 2 saturated heterocycles. The van der Waals surface area contributed by atoms with Gasteiger partial charge in [-0.3, -0.25) is 9.69 Å². The summed E-state index contributed by atoms with van der Waals surface area (Å²) in [7, 11) is 0. The lowest BCUT2D eigenvalue weighted by atomic mass is 9.43. The van der Waals surface area contributed by atoms with E-state index in [1.54, 1.807) is 12.2 Å². The van der Waals surface area contributed by atoms with Crippen molar-refractivity contribution in [3.05, 3.63) is 58.5 Å². The van der Waals surface area contributed by atoms with Gasteiger partial charge in [0.25, 0.3) is 5.91 Å². The van der Waals surface area contributed by atoms with E-state index in [2.05, 4.69) is 21.9 Å². The first kappa shape index (κ1) is 20.8. The van der Waals surface area contributed by atoms with E-state index >= 15 is 0 Å². The maximum atomic E-state index is 13.7. The maximum Gasteiger partial charge on any atom is 0.269 e. The molecule has 5 fully saturated rings. The molecule has 6 nitrogen and oxygen atoms in total. The number of hydrogen-bond donors (Lipinski definition) is 1. The van der Waals surface area contributed by atoms with E-state index in [0.29, 0.717) is 29.3 Å². The Balaban J connectivity index is 1.23. The number of piperidine rings is 1. The lowest BCUT2D eigenvalue weighted by Gasteiger charge is -2.66. The molecule has 6 atom stereocenters. The van der Waals surface area contributed by atoms with Gasteiger partial charge >= 0.3 is 0 Å². The topological polar surface area (TPSA) is 70.1 Å². The van der Waals surface area contributed by atoms with Crippen molar-refractivity contribution in [2.24, 2.45) is 23.2 Å². The summed E-state index contributed by atoms with van der Waals surface area (Å²) in [6.07, 6.45) is 13.7. The van der Waals surface area contributed by atoms with Gasteiger partial charge in [0, 0.05) is 37.1 Å². The van der Waals surface area contributed by atoms with Crippen LogP contribution in [0.4, 0.5) is 0 Å². The zero-order valence-corrected chi connectivity index (χ0v) is 20.2. The highest BCUT2D eigenvalue weighted by Gasteiger charge is 2.76. The highest BCUT2D eigenvalue weighted by molar-refractivity contribution is 5.94. The SMILES string of the molecule is O=C(C1=CC=CCN1[O-])N1C[C@H]2CC34CCC1C2C31CCN(CC2CC2)C4Cc2ccc(O)cc21. The van der Waals surface area contributed by atoms with Crippen LogP contribution in [0.15, 0.2) is 42.1 Å². The summed E-state index contributed by atoms with van der Waals surface area (Å²) in [5.74, 6) is 2.08. The van der Waals surface area contributed by atoms with Gasteiger partial charge in [0.1, 0.15) is 5.75 Å². The van der Waals surface area contributed by atoms with Crippen LogP contribution in [0.2, 0.25) is 0 Å². The minimum atomic E-state index is -0.0812. The number of phenols is 1. The number of amides is 1. The molecule has 6 heteroatoms. The number of carbonyl (C=O) groups excluding carboxylic acids is 1. The molecule has 3 aliphatic heterocycles. The van der Waals surface area contributed by atoms with Crippen LogP contribution in [0.3, 0.4) is 0 Å². The molecule has 0 radical (unpaired) electrons. The van der Waals surface area contributed by atoms with Crippen LogP contribution >= 0.6 is 0 Å². The Morgan fingerprint density at radius 2 is 2.09 bits per heavy atom. The fraction of sp³-hybridized carbons (Fsp3) is 0.621. The van der Waals surface area contributed by atoms with E-state index in [0.717, 1.165) is 49.8 Å². The normalized spacial score (nSPS) is 41.0. The minimum Gasteiger partial charge on any atom is -0.758 e. The number of benzene rings is 1. The molecule has 5 unspecified atom stereocenters. The summed E-state index contributed by atoms with van der Waals surface area (Å²) < 4.78 is 0. The second kappa shape index (κ2) is 6.92. The Labute approximate surface area is 206 Å². The average molecular weight is 473 g/mol. The van der Waals surface area contributed by atoms with Crippen LogP contribution in [0, 0.1) is 28.4 Å². The zero-order valence-electron chi connectivity index (χ0n) is 20.2. The Bertz CT molecular complexity index is 1170. The number of carbonyl (C=O) groups is 1. The predicted molar refractivity (Wildman–Crippen MR) is 132 cm³/mol.